The van der Waals surface area contributed by atoms with Gasteiger partial charge in [-0.1, -0.05) is 29.8 Å². The Bertz CT molecular complexity index is 1380. The fraction of sp³-hybridized carbons (Fsp3) is 0.269. The standard InChI is InChI=1S/C26H27ClFN3O5S/c1-35-24-11-10-21(17-25(24)36-2)37(33,34)31(23-9-4-3-8-22(23)28)18-26(32)30-14-12-29(13-15-30)20-7-5-6-19(27)16-20/h3-11,16-17H,12-15,18H2,1-2H3. The summed E-state index contributed by atoms with van der Waals surface area (Å²) in [5, 5.41) is 0.622. The highest BCUT2D eigenvalue weighted by Gasteiger charge is 2.32. The molecule has 196 valence electrons. The summed E-state index contributed by atoms with van der Waals surface area (Å²) in [4.78, 5) is 16.8. The summed E-state index contributed by atoms with van der Waals surface area (Å²) in [6.07, 6.45) is 0. The molecular weight excluding hydrogens is 521 g/mol. The maximum atomic E-state index is 14.8. The molecule has 8 nitrogen and oxygen atoms in total. The summed E-state index contributed by atoms with van der Waals surface area (Å²) in [7, 11) is -1.52. The Balaban J connectivity index is 1.58. The smallest absolute Gasteiger partial charge is 0.265 e. The second-order valence-corrected chi connectivity index (χ2v) is 10.6. The maximum absolute atomic E-state index is 14.8. The number of carbonyl (C=O) groups is 1. The molecule has 1 fully saturated rings. The third-order valence-electron chi connectivity index (χ3n) is 6.15. The summed E-state index contributed by atoms with van der Waals surface area (Å²) in [5.74, 6) is -0.656. The molecule has 37 heavy (non-hydrogen) atoms. The Labute approximate surface area is 220 Å². The highest BCUT2D eigenvalue weighted by molar-refractivity contribution is 7.92. The van der Waals surface area contributed by atoms with E-state index in [0.717, 1.165) is 16.1 Å². The van der Waals surface area contributed by atoms with E-state index in [4.69, 9.17) is 21.1 Å². The van der Waals surface area contributed by atoms with Crippen LogP contribution in [0.15, 0.2) is 71.6 Å². The van der Waals surface area contributed by atoms with Gasteiger partial charge < -0.3 is 19.3 Å². The van der Waals surface area contributed by atoms with E-state index in [0.29, 0.717) is 37.0 Å². The third kappa shape index (κ3) is 5.75. The molecular formula is C26H27ClFN3O5S. The zero-order valence-electron chi connectivity index (χ0n) is 20.4. The van der Waals surface area contributed by atoms with Crippen molar-refractivity contribution in [3.8, 4) is 11.5 Å². The molecule has 0 bridgehead atoms. The second-order valence-electron chi connectivity index (χ2n) is 8.33. The first-order valence-corrected chi connectivity index (χ1v) is 13.3. The number of amides is 1. The van der Waals surface area contributed by atoms with Gasteiger partial charge in [0.15, 0.2) is 11.5 Å². The van der Waals surface area contributed by atoms with Gasteiger partial charge in [0.1, 0.15) is 12.4 Å². The molecule has 3 aromatic rings. The SMILES string of the molecule is COc1ccc(S(=O)(=O)N(CC(=O)N2CCN(c3cccc(Cl)c3)CC2)c2ccccc2F)cc1OC. The van der Waals surface area contributed by atoms with Crippen molar-refractivity contribution >= 4 is 38.9 Å². The molecule has 3 aromatic carbocycles. The number of carbonyl (C=O) groups excluding carboxylic acids is 1. The number of benzene rings is 3. The topological polar surface area (TPSA) is 79.4 Å². The number of nitrogens with zero attached hydrogens (tertiary/aromatic N) is 3. The minimum Gasteiger partial charge on any atom is -0.493 e. The van der Waals surface area contributed by atoms with Gasteiger partial charge in [-0.05, 0) is 42.5 Å². The fourth-order valence-corrected chi connectivity index (χ4v) is 5.79. The molecule has 11 heteroatoms. The van der Waals surface area contributed by atoms with Gasteiger partial charge in [0.25, 0.3) is 10.0 Å². The van der Waals surface area contributed by atoms with Gasteiger partial charge in [0, 0.05) is 43.0 Å². The summed E-state index contributed by atoms with van der Waals surface area (Å²) in [6.45, 7) is 1.30. The lowest BCUT2D eigenvalue weighted by atomic mass is 10.2. The molecule has 0 atom stereocenters. The van der Waals surface area contributed by atoms with Gasteiger partial charge in [0.05, 0.1) is 24.8 Å². The highest BCUT2D eigenvalue weighted by atomic mass is 35.5. The maximum Gasteiger partial charge on any atom is 0.265 e. The first-order valence-electron chi connectivity index (χ1n) is 11.5. The van der Waals surface area contributed by atoms with Gasteiger partial charge in [0.2, 0.25) is 5.91 Å². The Morgan fingerprint density at radius 2 is 1.65 bits per heavy atom. The Morgan fingerprint density at radius 1 is 0.946 bits per heavy atom. The monoisotopic (exact) mass is 547 g/mol. The lowest BCUT2D eigenvalue weighted by Gasteiger charge is -2.37. The summed E-state index contributed by atoms with van der Waals surface area (Å²) in [5.41, 5.74) is 0.729. The van der Waals surface area contributed by atoms with E-state index < -0.39 is 28.3 Å². The van der Waals surface area contributed by atoms with Crippen LogP contribution in [0.1, 0.15) is 0 Å². The van der Waals surface area contributed by atoms with Crippen LogP contribution in [0.2, 0.25) is 5.02 Å². The molecule has 1 aliphatic heterocycles. The molecule has 0 saturated carbocycles. The van der Waals surface area contributed by atoms with E-state index in [9.17, 15) is 17.6 Å². The van der Waals surface area contributed by atoms with Crippen LogP contribution in [0.5, 0.6) is 11.5 Å². The van der Waals surface area contributed by atoms with Crippen LogP contribution in [-0.4, -0.2) is 66.2 Å². The predicted molar refractivity (Wildman–Crippen MR) is 141 cm³/mol. The summed E-state index contributed by atoms with van der Waals surface area (Å²) >= 11 is 6.10. The van der Waals surface area contributed by atoms with E-state index in [1.54, 1.807) is 11.0 Å². The number of ether oxygens (including phenoxy) is 2. The predicted octanol–water partition coefficient (Wildman–Crippen LogP) is 4.04. The van der Waals surface area contributed by atoms with E-state index >= 15 is 0 Å². The number of methoxy groups -OCH3 is 2. The molecule has 0 aliphatic carbocycles. The van der Waals surface area contributed by atoms with Crippen molar-refractivity contribution in [1.82, 2.24) is 4.90 Å². The lowest BCUT2D eigenvalue weighted by Crippen LogP contribution is -2.52. The van der Waals surface area contributed by atoms with E-state index in [1.165, 1.54) is 50.6 Å². The average Bonchev–Trinajstić information content (AvgIpc) is 2.91. The van der Waals surface area contributed by atoms with Gasteiger partial charge in [-0.2, -0.15) is 0 Å². The van der Waals surface area contributed by atoms with Crippen molar-refractivity contribution in [3.05, 3.63) is 77.6 Å². The first kappa shape index (κ1) is 26.6. The van der Waals surface area contributed by atoms with Gasteiger partial charge in [-0.15, -0.1) is 0 Å². The van der Waals surface area contributed by atoms with Crippen molar-refractivity contribution in [2.45, 2.75) is 4.90 Å². The van der Waals surface area contributed by atoms with E-state index in [2.05, 4.69) is 4.90 Å². The van der Waals surface area contributed by atoms with Gasteiger partial charge in [-0.3, -0.25) is 9.10 Å². The molecule has 1 saturated heterocycles. The molecule has 0 radical (unpaired) electrons. The van der Waals surface area contributed by atoms with Crippen LogP contribution in [0.3, 0.4) is 0 Å². The number of sulfonamides is 1. The van der Waals surface area contributed by atoms with Crippen molar-refractivity contribution in [2.24, 2.45) is 0 Å². The number of anilines is 2. The van der Waals surface area contributed by atoms with Gasteiger partial charge in [-0.25, -0.2) is 12.8 Å². The third-order valence-corrected chi connectivity index (χ3v) is 8.14. The molecule has 1 aliphatic rings. The van der Waals surface area contributed by atoms with Gasteiger partial charge >= 0.3 is 0 Å². The minimum atomic E-state index is -4.34. The highest BCUT2D eigenvalue weighted by Crippen LogP contribution is 2.33. The zero-order chi connectivity index (χ0) is 26.6. The second kappa shape index (κ2) is 11.3. The molecule has 1 amide bonds. The quantitative estimate of drug-likeness (QED) is 0.423. The Kier molecular flexibility index (Phi) is 8.09. The number of hydrogen-bond acceptors (Lipinski definition) is 6. The number of hydrogen-bond donors (Lipinski definition) is 0. The molecule has 0 unspecified atom stereocenters. The summed E-state index contributed by atoms with van der Waals surface area (Å²) < 4.78 is 53.5. The molecule has 0 N–H and O–H groups in total. The molecule has 1 heterocycles. The average molecular weight is 548 g/mol. The zero-order valence-corrected chi connectivity index (χ0v) is 22.0. The fourth-order valence-electron chi connectivity index (χ4n) is 4.17. The molecule has 4 rings (SSSR count). The minimum absolute atomic E-state index is 0.160. The van der Waals surface area contributed by atoms with E-state index in [-0.39, 0.29) is 16.3 Å². The number of halogens is 2. The van der Waals surface area contributed by atoms with Crippen LogP contribution in [0.25, 0.3) is 0 Å². The van der Waals surface area contributed by atoms with Crippen LogP contribution in [0, 0.1) is 5.82 Å². The van der Waals surface area contributed by atoms with Crippen LogP contribution in [0.4, 0.5) is 15.8 Å². The molecule has 0 spiro atoms. The Hall–Kier alpha value is -3.50. The van der Waals surface area contributed by atoms with Crippen molar-refractivity contribution < 1.29 is 27.1 Å². The van der Waals surface area contributed by atoms with Crippen LogP contribution >= 0.6 is 11.6 Å². The summed E-state index contributed by atoms with van der Waals surface area (Å²) in [6, 6.07) is 17.0. The van der Waals surface area contributed by atoms with E-state index in [1.807, 2.05) is 18.2 Å². The van der Waals surface area contributed by atoms with Crippen molar-refractivity contribution in [2.75, 3.05) is 56.1 Å². The first-order chi connectivity index (χ1) is 17.7. The number of para-hydroxylation sites is 1. The number of piperazine rings is 1. The van der Waals surface area contributed by atoms with Crippen LogP contribution < -0.4 is 18.7 Å². The molecule has 0 aromatic heterocycles. The lowest BCUT2D eigenvalue weighted by molar-refractivity contribution is -0.129. The Morgan fingerprint density at radius 3 is 2.30 bits per heavy atom. The van der Waals surface area contributed by atoms with Crippen LogP contribution in [-0.2, 0) is 14.8 Å². The largest absolute Gasteiger partial charge is 0.493 e. The van der Waals surface area contributed by atoms with Crippen molar-refractivity contribution in [3.63, 3.8) is 0 Å². The normalized spacial score (nSPS) is 13.8. The van der Waals surface area contributed by atoms with Crippen molar-refractivity contribution in [1.29, 1.82) is 0 Å². The number of rotatable bonds is 8.